The number of ketones is 1. The number of carbonyl (C=O) groups excluding carboxylic acids is 1. The van der Waals surface area contributed by atoms with Gasteiger partial charge in [0.05, 0.1) is 0 Å². The van der Waals surface area contributed by atoms with Crippen LogP contribution in [0.5, 0.6) is 0 Å². The van der Waals surface area contributed by atoms with Crippen molar-refractivity contribution >= 4 is 5.78 Å². The molecule has 2 heteroatoms. The minimum atomic E-state index is -0.269. The summed E-state index contributed by atoms with van der Waals surface area (Å²) in [6.45, 7) is 7.11. The molecule has 1 aromatic rings. The molecule has 0 atom stereocenters. The van der Waals surface area contributed by atoms with Crippen LogP contribution < -0.4 is 5.32 Å². The highest BCUT2D eigenvalue weighted by molar-refractivity contribution is 5.81. The molecular weight excluding hydrogens is 186 g/mol. The van der Waals surface area contributed by atoms with Crippen molar-refractivity contribution in [3.05, 3.63) is 35.9 Å². The number of carbonyl (C=O) groups is 1. The SMILES string of the molecule is CC(=O)C(C)(C)CNCc1ccccc1. The lowest BCUT2D eigenvalue weighted by atomic mass is 9.89. The number of rotatable bonds is 5. The van der Waals surface area contributed by atoms with Crippen molar-refractivity contribution in [3.63, 3.8) is 0 Å². The van der Waals surface area contributed by atoms with Gasteiger partial charge in [-0.25, -0.2) is 0 Å². The van der Waals surface area contributed by atoms with Crippen LogP contribution in [0.1, 0.15) is 26.3 Å². The fraction of sp³-hybridized carbons (Fsp3) is 0.462. The molecule has 0 unspecified atom stereocenters. The lowest BCUT2D eigenvalue weighted by Crippen LogP contribution is -2.34. The van der Waals surface area contributed by atoms with Gasteiger partial charge in [0.25, 0.3) is 0 Å². The zero-order valence-corrected chi connectivity index (χ0v) is 9.71. The maximum atomic E-state index is 11.3. The summed E-state index contributed by atoms with van der Waals surface area (Å²) in [6.07, 6.45) is 0. The standard InChI is InChI=1S/C13H19NO/c1-11(15)13(2,3)10-14-9-12-7-5-4-6-8-12/h4-8,14H,9-10H2,1-3H3. The Balaban J connectivity index is 2.37. The van der Waals surface area contributed by atoms with Gasteiger partial charge in [-0.15, -0.1) is 0 Å². The molecule has 1 rings (SSSR count). The molecular formula is C13H19NO. The molecule has 0 amide bonds. The molecule has 2 nitrogen and oxygen atoms in total. The second-order valence-electron chi connectivity index (χ2n) is 4.53. The highest BCUT2D eigenvalue weighted by Crippen LogP contribution is 2.14. The van der Waals surface area contributed by atoms with Crippen LogP contribution in [0, 0.1) is 5.41 Å². The van der Waals surface area contributed by atoms with Crippen molar-refractivity contribution in [1.29, 1.82) is 0 Å². The van der Waals surface area contributed by atoms with E-state index in [2.05, 4.69) is 17.4 Å². The average molecular weight is 205 g/mol. The predicted octanol–water partition coefficient (Wildman–Crippen LogP) is 2.39. The van der Waals surface area contributed by atoms with Gasteiger partial charge in [0.1, 0.15) is 5.78 Å². The molecule has 0 aliphatic heterocycles. The molecule has 0 aliphatic carbocycles. The smallest absolute Gasteiger partial charge is 0.136 e. The minimum absolute atomic E-state index is 0.225. The van der Waals surface area contributed by atoms with E-state index in [-0.39, 0.29) is 11.2 Å². The van der Waals surface area contributed by atoms with Gasteiger partial charge in [0.2, 0.25) is 0 Å². The molecule has 0 saturated carbocycles. The topological polar surface area (TPSA) is 29.1 Å². The minimum Gasteiger partial charge on any atom is -0.312 e. The van der Waals surface area contributed by atoms with Gasteiger partial charge in [-0.2, -0.15) is 0 Å². The first kappa shape index (κ1) is 11.9. The third-order valence-electron chi connectivity index (χ3n) is 2.69. The van der Waals surface area contributed by atoms with Crippen LogP contribution in [0.3, 0.4) is 0 Å². The summed E-state index contributed by atoms with van der Waals surface area (Å²) in [4.78, 5) is 11.3. The monoisotopic (exact) mass is 205 g/mol. The van der Waals surface area contributed by atoms with E-state index in [0.717, 1.165) is 13.1 Å². The number of benzene rings is 1. The largest absolute Gasteiger partial charge is 0.312 e. The van der Waals surface area contributed by atoms with Crippen molar-refractivity contribution in [2.24, 2.45) is 5.41 Å². The highest BCUT2D eigenvalue weighted by Gasteiger charge is 2.22. The molecule has 0 saturated heterocycles. The van der Waals surface area contributed by atoms with E-state index < -0.39 is 0 Å². The van der Waals surface area contributed by atoms with Crippen LogP contribution in [-0.2, 0) is 11.3 Å². The van der Waals surface area contributed by atoms with Crippen LogP contribution in [-0.4, -0.2) is 12.3 Å². The Morgan fingerprint density at radius 1 is 1.27 bits per heavy atom. The van der Waals surface area contributed by atoms with E-state index in [0.29, 0.717) is 0 Å². The molecule has 0 aliphatic rings. The van der Waals surface area contributed by atoms with Gasteiger partial charge in [-0.05, 0) is 12.5 Å². The summed E-state index contributed by atoms with van der Waals surface area (Å²) in [5, 5.41) is 3.30. The summed E-state index contributed by atoms with van der Waals surface area (Å²) >= 11 is 0. The van der Waals surface area contributed by atoms with Crippen molar-refractivity contribution < 1.29 is 4.79 Å². The van der Waals surface area contributed by atoms with Gasteiger partial charge in [-0.1, -0.05) is 44.2 Å². The van der Waals surface area contributed by atoms with Gasteiger partial charge in [-0.3, -0.25) is 4.79 Å². The van der Waals surface area contributed by atoms with Gasteiger partial charge in [0.15, 0.2) is 0 Å². The summed E-state index contributed by atoms with van der Waals surface area (Å²) in [5.74, 6) is 0.225. The molecule has 1 N–H and O–H groups in total. The van der Waals surface area contributed by atoms with Crippen molar-refractivity contribution in [2.75, 3.05) is 6.54 Å². The first-order valence-corrected chi connectivity index (χ1v) is 5.28. The molecule has 0 heterocycles. The second kappa shape index (κ2) is 5.08. The Hall–Kier alpha value is -1.15. The zero-order chi connectivity index (χ0) is 11.3. The number of hydrogen-bond donors (Lipinski definition) is 1. The average Bonchev–Trinajstić information content (AvgIpc) is 2.19. The third kappa shape index (κ3) is 3.84. The summed E-state index contributed by atoms with van der Waals surface area (Å²) < 4.78 is 0. The Bertz CT molecular complexity index is 317. The summed E-state index contributed by atoms with van der Waals surface area (Å²) in [7, 11) is 0. The van der Waals surface area contributed by atoms with Gasteiger partial charge in [0, 0.05) is 18.5 Å². The highest BCUT2D eigenvalue weighted by atomic mass is 16.1. The van der Waals surface area contributed by atoms with E-state index in [1.54, 1.807) is 6.92 Å². The Kier molecular flexibility index (Phi) is 4.04. The van der Waals surface area contributed by atoms with Crippen LogP contribution in [0.2, 0.25) is 0 Å². The molecule has 0 fully saturated rings. The third-order valence-corrected chi connectivity index (χ3v) is 2.69. The van der Waals surface area contributed by atoms with E-state index in [9.17, 15) is 4.79 Å². The van der Waals surface area contributed by atoms with Gasteiger partial charge >= 0.3 is 0 Å². The number of hydrogen-bond acceptors (Lipinski definition) is 2. The van der Waals surface area contributed by atoms with Crippen LogP contribution in [0.15, 0.2) is 30.3 Å². The molecule has 0 radical (unpaired) electrons. The van der Waals surface area contributed by atoms with E-state index in [4.69, 9.17) is 0 Å². The predicted molar refractivity (Wildman–Crippen MR) is 62.6 cm³/mol. The van der Waals surface area contributed by atoms with E-state index in [1.165, 1.54) is 5.56 Å². The fourth-order valence-corrected chi connectivity index (χ4v) is 1.24. The first-order chi connectivity index (χ1) is 7.02. The van der Waals surface area contributed by atoms with E-state index in [1.807, 2.05) is 32.0 Å². The van der Waals surface area contributed by atoms with Crippen LogP contribution >= 0.6 is 0 Å². The van der Waals surface area contributed by atoms with Crippen molar-refractivity contribution in [1.82, 2.24) is 5.32 Å². The first-order valence-electron chi connectivity index (χ1n) is 5.28. The Morgan fingerprint density at radius 2 is 1.87 bits per heavy atom. The van der Waals surface area contributed by atoms with Crippen molar-refractivity contribution in [3.8, 4) is 0 Å². The number of Topliss-reactive ketones (excluding diaryl/α,β-unsaturated/α-hetero) is 1. The summed E-state index contributed by atoms with van der Waals surface area (Å²) in [6, 6.07) is 10.2. The normalized spacial score (nSPS) is 11.4. The summed E-state index contributed by atoms with van der Waals surface area (Å²) in [5.41, 5.74) is 0.978. The molecule has 15 heavy (non-hydrogen) atoms. The zero-order valence-electron chi connectivity index (χ0n) is 9.71. The fourth-order valence-electron chi connectivity index (χ4n) is 1.24. The molecule has 0 bridgehead atoms. The Labute approximate surface area is 91.7 Å². The Morgan fingerprint density at radius 3 is 2.40 bits per heavy atom. The maximum Gasteiger partial charge on any atom is 0.136 e. The van der Waals surface area contributed by atoms with Crippen molar-refractivity contribution in [2.45, 2.75) is 27.3 Å². The molecule has 1 aromatic carbocycles. The van der Waals surface area contributed by atoms with E-state index >= 15 is 0 Å². The van der Waals surface area contributed by atoms with Crippen LogP contribution in [0.25, 0.3) is 0 Å². The van der Waals surface area contributed by atoms with Gasteiger partial charge < -0.3 is 5.32 Å². The lowest BCUT2D eigenvalue weighted by molar-refractivity contribution is -0.124. The molecule has 82 valence electrons. The second-order valence-corrected chi connectivity index (χ2v) is 4.53. The maximum absolute atomic E-state index is 11.3. The van der Waals surface area contributed by atoms with Crippen LogP contribution in [0.4, 0.5) is 0 Å². The molecule has 0 aromatic heterocycles. The lowest BCUT2D eigenvalue weighted by Gasteiger charge is -2.21. The molecule has 0 spiro atoms. The quantitative estimate of drug-likeness (QED) is 0.799. The number of nitrogens with one attached hydrogen (secondary N) is 1.